The SMILES string of the molecule is CCOC(=O)c1ccc(CN2C(=O)C(=O)/C(=C(\O)c3ccc(Br)c(C)c3)C2c2ccccc2)cc1. The van der Waals surface area contributed by atoms with Crippen LogP contribution in [-0.2, 0) is 20.9 Å². The summed E-state index contributed by atoms with van der Waals surface area (Å²) in [6, 6.07) is 20.4. The summed E-state index contributed by atoms with van der Waals surface area (Å²) in [6.07, 6.45) is 0. The molecule has 1 aliphatic heterocycles. The normalized spacial score (nSPS) is 17.0. The van der Waals surface area contributed by atoms with Gasteiger partial charge >= 0.3 is 5.97 Å². The van der Waals surface area contributed by atoms with Gasteiger partial charge in [-0.3, -0.25) is 9.59 Å². The Morgan fingerprint density at radius 1 is 1.00 bits per heavy atom. The van der Waals surface area contributed by atoms with E-state index < -0.39 is 23.7 Å². The molecule has 6 nitrogen and oxygen atoms in total. The van der Waals surface area contributed by atoms with Gasteiger partial charge in [0.1, 0.15) is 5.76 Å². The van der Waals surface area contributed by atoms with E-state index in [1.807, 2.05) is 37.3 Å². The Morgan fingerprint density at radius 3 is 2.29 bits per heavy atom. The second kappa shape index (κ2) is 10.3. The lowest BCUT2D eigenvalue weighted by molar-refractivity contribution is -0.140. The highest BCUT2D eigenvalue weighted by molar-refractivity contribution is 9.10. The van der Waals surface area contributed by atoms with Gasteiger partial charge < -0.3 is 14.7 Å². The predicted octanol–water partition coefficient (Wildman–Crippen LogP) is 5.56. The second-order valence-corrected chi connectivity index (χ2v) is 9.07. The molecule has 35 heavy (non-hydrogen) atoms. The number of aryl methyl sites for hydroxylation is 1. The minimum Gasteiger partial charge on any atom is -0.507 e. The molecule has 1 aliphatic rings. The molecule has 1 amide bonds. The Balaban J connectivity index is 1.76. The van der Waals surface area contributed by atoms with Gasteiger partial charge in [-0.25, -0.2) is 4.79 Å². The molecular weight excluding hydrogens is 510 g/mol. The predicted molar refractivity (Wildman–Crippen MR) is 136 cm³/mol. The lowest BCUT2D eigenvalue weighted by Gasteiger charge is -2.25. The third kappa shape index (κ3) is 4.91. The van der Waals surface area contributed by atoms with Crippen LogP contribution in [0.25, 0.3) is 5.76 Å². The van der Waals surface area contributed by atoms with Crippen LogP contribution in [0, 0.1) is 6.92 Å². The third-order valence-corrected chi connectivity index (χ3v) is 6.79. The van der Waals surface area contributed by atoms with Gasteiger partial charge in [0.25, 0.3) is 11.7 Å². The number of rotatable bonds is 6. The second-order valence-electron chi connectivity index (χ2n) is 8.22. The number of benzene rings is 3. The number of nitrogens with zero attached hydrogens (tertiary/aromatic N) is 1. The van der Waals surface area contributed by atoms with Gasteiger partial charge in [-0.05, 0) is 54.8 Å². The van der Waals surface area contributed by atoms with Crippen molar-refractivity contribution in [2.75, 3.05) is 6.61 Å². The number of ketones is 1. The summed E-state index contributed by atoms with van der Waals surface area (Å²) in [7, 11) is 0. The van der Waals surface area contributed by atoms with E-state index in [9.17, 15) is 19.5 Å². The van der Waals surface area contributed by atoms with Crippen LogP contribution in [0.4, 0.5) is 0 Å². The largest absolute Gasteiger partial charge is 0.507 e. The molecule has 178 valence electrons. The van der Waals surface area contributed by atoms with Crippen molar-refractivity contribution in [3.8, 4) is 0 Å². The van der Waals surface area contributed by atoms with Gasteiger partial charge in [0, 0.05) is 16.6 Å². The van der Waals surface area contributed by atoms with E-state index in [1.165, 1.54) is 4.90 Å². The Kier molecular flexibility index (Phi) is 7.17. The number of Topliss-reactive ketones (excluding diaryl/α,β-unsaturated/α-hetero) is 1. The number of carbonyl (C=O) groups excluding carboxylic acids is 3. The van der Waals surface area contributed by atoms with Crippen molar-refractivity contribution in [2.45, 2.75) is 26.4 Å². The molecule has 0 bridgehead atoms. The van der Waals surface area contributed by atoms with Crippen LogP contribution in [0.2, 0.25) is 0 Å². The number of carbonyl (C=O) groups is 3. The summed E-state index contributed by atoms with van der Waals surface area (Å²) in [5.41, 5.74) is 3.25. The van der Waals surface area contributed by atoms with E-state index in [-0.39, 0.29) is 24.5 Å². The van der Waals surface area contributed by atoms with Crippen LogP contribution in [0.1, 0.15) is 45.6 Å². The van der Waals surface area contributed by atoms with Crippen molar-refractivity contribution >= 4 is 39.3 Å². The van der Waals surface area contributed by atoms with Crippen molar-refractivity contribution in [1.82, 2.24) is 4.90 Å². The monoisotopic (exact) mass is 533 g/mol. The maximum Gasteiger partial charge on any atom is 0.338 e. The van der Waals surface area contributed by atoms with Crippen molar-refractivity contribution in [2.24, 2.45) is 0 Å². The standard InChI is InChI=1S/C28H24BrNO5/c1-3-35-28(34)20-11-9-18(10-12-20)16-30-24(19-7-5-4-6-8-19)23(26(32)27(30)33)25(31)21-13-14-22(29)17(2)15-21/h4-15,24,31H,3,16H2,1-2H3/b25-23-. The first-order valence-corrected chi connectivity index (χ1v) is 12.0. The molecule has 4 rings (SSSR count). The van der Waals surface area contributed by atoms with Crippen LogP contribution in [0.5, 0.6) is 0 Å². The molecule has 1 heterocycles. The van der Waals surface area contributed by atoms with Crippen molar-refractivity contribution in [3.05, 3.63) is 111 Å². The fourth-order valence-electron chi connectivity index (χ4n) is 4.13. The summed E-state index contributed by atoms with van der Waals surface area (Å²) >= 11 is 3.45. The number of hydrogen-bond donors (Lipinski definition) is 1. The molecule has 1 saturated heterocycles. The zero-order chi connectivity index (χ0) is 25.1. The molecule has 0 spiro atoms. The summed E-state index contributed by atoms with van der Waals surface area (Å²) < 4.78 is 5.90. The smallest absolute Gasteiger partial charge is 0.338 e. The Hall–Kier alpha value is -3.71. The van der Waals surface area contributed by atoms with Gasteiger partial charge in [-0.2, -0.15) is 0 Å². The summed E-state index contributed by atoms with van der Waals surface area (Å²) in [4.78, 5) is 39.8. The van der Waals surface area contributed by atoms with Crippen LogP contribution in [0.15, 0.2) is 82.8 Å². The first kappa shape index (κ1) is 24.4. The number of esters is 1. The lowest BCUT2D eigenvalue weighted by Crippen LogP contribution is -2.29. The summed E-state index contributed by atoms with van der Waals surface area (Å²) in [5.74, 6) is -2.06. The number of ether oxygens (including phenoxy) is 1. The van der Waals surface area contributed by atoms with Crippen LogP contribution in [-0.4, -0.2) is 34.3 Å². The minimum absolute atomic E-state index is 0.0473. The molecule has 7 heteroatoms. The van der Waals surface area contributed by atoms with Gasteiger partial charge in [-0.15, -0.1) is 0 Å². The molecule has 0 saturated carbocycles. The lowest BCUT2D eigenvalue weighted by atomic mass is 9.95. The maximum atomic E-state index is 13.2. The number of aliphatic hydroxyl groups is 1. The van der Waals surface area contributed by atoms with E-state index in [0.717, 1.165) is 15.6 Å². The highest BCUT2D eigenvalue weighted by Crippen LogP contribution is 2.40. The van der Waals surface area contributed by atoms with Crippen LogP contribution >= 0.6 is 15.9 Å². The third-order valence-electron chi connectivity index (χ3n) is 5.90. The van der Waals surface area contributed by atoms with Crippen molar-refractivity contribution in [1.29, 1.82) is 0 Å². The summed E-state index contributed by atoms with van der Waals surface area (Å²) in [5, 5.41) is 11.2. The number of halogens is 1. The highest BCUT2D eigenvalue weighted by atomic mass is 79.9. The van der Waals surface area contributed by atoms with Crippen LogP contribution in [0.3, 0.4) is 0 Å². The van der Waals surface area contributed by atoms with Gasteiger partial charge in [0.2, 0.25) is 0 Å². The average molecular weight is 534 g/mol. The number of amides is 1. The van der Waals surface area contributed by atoms with E-state index in [0.29, 0.717) is 16.7 Å². The molecule has 1 N–H and O–H groups in total. The van der Waals surface area contributed by atoms with Gasteiger partial charge in [-0.1, -0.05) is 64.5 Å². The van der Waals surface area contributed by atoms with Gasteiger partial charge in [0.15, 0.2) is 0 Å². The molecule has 1 atom stereocenters. The minimum atomic E-state index is -0.759. The molecular formula is C28H24BrNO5. The van der Waals surface area contributed by atoms with E-state index in [2.05, 4.69) is 15.9 Å². The quantitative estimate of drug-likeness (QED) is 0.194. The Morgan fingerprint density at radius 2 is 1.66 bits per heavy atom. The zero-order valence-electron chi connectivity index (χ0n) is 19.3. The molecule has 1 unspecified atom stereocenters. The van der Waals surface area contributed by atoms with Gasteiger partial charge in [0.05, 0.1) is 23.8 Å². The zero-order valence-corrected chi connectivity index (χ0v) is 20.9. The van der Waals surface area contributed by atoms with E-state index in [1.54, 1.807) is 49.4 Å². The molecule has 0 aliphatic carbocycles. The fraction of sp³-hybridized carbons (Fsp3) is 0.179. The maximum absolute atomic E-state index is 13.2. The van der Waals surface area contributed by atoms with Crippen molar-refractivity contribution in [3.63, 3.8) is 0 Å². The Labute approximate surface area is 212 Å². The number of likely N-dealkylation sites (tertiary alicyclic amines) is 1. The first-order valence-electron chi connectivity index (χ1n) is 11.2. The van der Waals surface area contributed by atoms with E-state index >= 15 is 0 Å². The summed E-state index contributed by atoms with van der Waals surface area (Å²) in [6.45, 7) is 4.03. The molecule has 3 aromatic rings. The molecule has 0 aromatic heterocycles. The molecule has 1 fully saturated rings. The van der Waals surface area contributed by atoms with Crippen molar-refractivity contribution < 1.29 is 24.2 Å². The van der Waals surface area contributed by atoms with Crippen LogP contribution < -0.4 is 0 Å². The average Bonchev–Trinajstić information content (AvgIpc) is 3.11. The van der Waals surface area contributed by atoms with E-state index in [4.69, 9.17) is 4.74 Å². The number of hydrogen-bond acceptors (Lipinski definition) is 5. The fourth-order valence-corrected chi connectivity index (χ4v) is 4.38. The highest BCUT2D eigenvalue weighted by Gasteiger charge is 2.46. The number of aliphatic hydroxyl groups excluding tert-OH is 1. The Bertz CT molecular complexity index is 1310. The molecule has 3 aromatic carbocycles. The molecule has 0 radical (unpaired) electrons. The topological polar surface area (TPSA) is 83.9 Å². The first-order chi connectivity index (χ1) is 16.8.